The summed E-state index contributed by atoms with van der Waals surface area (Å²) in [5.74, 6) is 0. The van der Waals surface area contributed by atoms with Gasteiger partial charge in [-0.3, -0.25) is 0 Å². The molecule has 2 amide bonds. The Balaban J connectivity index is 1.76. The average molecular weight is 444 g/mol. The molecule has 0 saturated heterocycles. The van der Waals surface area contributed by atoms with Crippen LogP contribution in [0.15, 0.2) is 60.8 Å². The number of carbonyl (C=O) groups excluding carboxylic acids is 1. The Morgan fingerprint density at radius 2 is 1.90 bits per heavy atom. The minimum absolute atomic E-state index is 0.170. The third kappa shape index (κ3) is 5.80. The number of unbranched alkanes of at least 4 members (excludes halogenated alkanes) is 1. The zero-order valence-corrected chi connectivity index (χ0v) is 18.9. The predicted octanol–water partition coefficient (Wildman–Crippen LogP) is 6.99. The normalized spacial score (nSPS) is 10.8. The SMILES string of the molecule is CCCCN(Cc1cccn1Cc1ccccc1C)C(=O)Nc1ccc(Cl)cc1Cl. The van der Waals surface area contributed by atoms with E-state index in [4.69, 9.17) is 23.2 Å². The molecule has 3 rings (SSSR count). The minimum atomic E-state index is -0.170. The van der Waals surface area contributed by atoms with Crippen LogP contribution in [0.25, 0.3) is 0 Å². The molecule has 1 N–H and O–H groups in total. The lowest BCUT2D eigenvalue weighted by atomic mass is 10.1. The summed E-state index contributed by atoms with van der Waals surface area (Å²) in [6.45, 7) is 6.21. The summed E-state index contributed by atoms with van der Waals surface area (Å²) < 4.78 is 2.20. The van der Waals surface area contributed by atoms with Crippen LogP contribution in [0, 0.1) is 6.92 Å². The third-order valence-corrected chi connectivity index (χ3v) is 5.67. The number of amides is 2. The van der Waals surface area contributed by atoms with E-state index >= 15 is 0 Å². The van der Waals surface area contributed by atoms with Gasteiger partial charge in [0.1, 0.15) is 0 Å². The second-order valence-electron chi connectivity index (χ2n) is 7.38. The fourth-order valence-corrected chi connectivity index (χ4v) is 3.76. The molecule has 0 saturated carbocycles. The highest BCUT2D eigenvalue weighted by atomic mass is 35.5. The van der Waals surface area contributed by atoms with Gasteiger partial charge in [0.05, 0.1) is 17.3 Å². The fraction of sp³-hybridized carbons (Fsp3) is 0.292. The van der Waals surface area contributed by atoms with E-state index in [0.29, 0.717) is 28.8 Å². The number of carbonyl (C=O) groups is 1. The van der Waals surface area contributed by atoms with E-state index in [1.165, 1.54) is 11.1 Å². The second kappa shape index (κ2) is 10.6. The van der Waals surface area contributed by atoms with E-state index in [2.05, 4.69) is 54.2 Å². The van der Waals surface area contributed by atoms with Gasteiger partial charge in [-0.1, -0.05) is 60.8 Å². The van der Waals surface area contributed by atoms with Crippen LogP contribution in [-0.2, 0) is 13.1 Å². The van der Waals surface area contributed by atoms with Crippen LogP contribution in [0.5, 0.6) is 0 Å². The lowest BCUT2D eigenvalue weighted by molar-refractivity contribution is 0.207. The van der Waals surface area contributed by atoms with Gasteiger partial charge in [0.25, 0.3) is 0 Å². The van der Waals surface area contributed by atoms with Crippen molar-refractivity contribution in [2.75, 3.05) is 11.9 Å². The van der Waals surface area contributed by atoms with E-state index < -0.39 is 0 Å². The molecule has 158 valence electrons. The number of rotatable bonds is 8. The summed E-state index contributed by atoms with van der Waals surface area (Å²) in [4.78, 5) is 14.9. The van der Waals surface area contributed by atoms with E-state index in [1.807, 2.05) is 17.0 Å². The maximum atomic E-state index is 13.0. The predicted molar refractivity (Wildman–Crippen MR) is 126 cm³/mol. The lowest BCUT2D eigenvalue weighted by Gasteiger charge is -2.24. The molecule has 0 atom stereocenters. The van der Waals surface area contributed by atoms with Crippen molar-refractivity contribution < 1.29 is 4.79 Å². The summed E-state index contributed by atoms with van der Waals surface area (Å²) in [5.41, 5.74) is 4.18. The maximum absolute atomic E-state index is 13.0. The first kappa shape index (κ1) is 22.3. The van der Waals surface area contributed by atoms with Gasteiger partial charge in [-0.15, -0.1) is 0 Å². The molecule has 0 radical (unpaired) electrons. The molecule has 6 heteroatoms. The molecule has 1 aromatic heterocycles. The van der Waals surface area contributed by atoms with Gasteiger partial charge < -0.3 is 14.8 Å². The van der Waals surface area contributed by atoms with Gasteiger partial charge in [0.2, 0.25) is 0 Å². The van der Waals surface area contributed by atoms with Gasteiger partial charge >= 0.3 is 6.03 Å². The highest BCUT2D eigenvalue weighted by Gasteiger charge is 2.17. The Labute approximate surface area is 188 Å². The van der Waals surface area contributed by atoms with Crippen LogP contribution in [0.2, 0.25) is 10.0 Å². The zero-order chi connectivity index (χ0) is 21.5. The van der Waals surface area contributed by atoms with Crippen LogP contribution < -0.4 is 5.32 Å². The van der Waals surface area contributed by atoms with Gasteiger partial charge in [-0.05, 0) is 54.8 Å². The fourth-order valence-electron chi connectivity index (χ4n) is 3.30. The molecule has 1 heterocycles. The molecular weight excluding hydrogens is 417 g/mol. The molecular formula is C24H27Cl2N3O. The first-order valence-corrected chi connectivity index (χ1v) is 10.9. The van der Waals surface area contributed by atoms with Gasteiger partial charge in [-0.25, -0.2) is 4.79 Å². The molecule has 0 unspecified atom stereocenters. The summed E-state index contributed by atoms with van der Waals surface area (Å²) in [5, 5.41) is 3.89. The van der Waals surface area contributed by atoms with E-state index in [1.54, 1.807) is 18.2 Å². The molecule has 30 heavy (non-hydrogen) atoms. The monoisotopic (exact) mass is 443 g/mol. The molecule has 0 aliphatic rings. The lowest BCUT2D eigenvalue weighted by Crippen LogP contribution is -2.36. The standard InChI is InChI=1S/C24H27Cl2N3O/c1-3-4-13-29(24(30)27-23-12-11-20(25)15-22(23)26)17-21-10-7-14-28(21)16-19-9-6-5-8-18(19)2/h5-12,14-15H,3-4,13,16-17H2,1-2H3,(H,27,30). The van der Waals surface area contributed by atoms with Gasteiger partial charge in [-0.2, -0.15) is 0 Å². The molecule has 3 aromatic rings. The van der Waals surface area contributed by atoms with Crippen molar-refractivity contribution in [3.8, 4) is 0 Å². The van der Waals surface area contributed by atoms with Gasteiger partial charge in [0, 0.05) is 30.0 Å². The molecule has 0 spiro atoms. The van der Waals surface area contributed by atoms with Crippen molar-refractivity contribution in [3.05, 3.63) is 87.7 Å². The van der Waals surface area contributed by atoms with Crippen molar-refractivity contribution in [3.63, 3.8) is 0 Å². The summed E-state index contributed by atoms with van der Waals surface area (Å²) in [6, 6.07) is 17.4. The quantitative estimate of drug-likeness (QED) is 0.400. The summed E-state index contributed by atoms with van der Waals surface area (Å²) >= 11 is 12.2. The topological polar surface area (TPSA) is 37.3 Å². The van der Waals surface area contributed by atoms with E-state index in [0.717, 1.165) is 25.1 Å². The Kier molecular flexibility index (Phi) is 7.83. The smallest absolute Gasteiger partial charge is 0.322 e. The maximum Gasteiger partial charge on any atom is 0.322 e. The van der Waals surface area contributed by atoms with Crippen LogP contribution in [0.4, 0.5) is 10.5 Å². The summed E-state index contributed by atoms with van der Waals surface area (Å²) in [7, 11) is 0. The third-order valence-electron chi connectivity index (χ3n) is 5.12. The van der Waals surface area contributed by atoms with Crippen molar-refractivity contribution in [1.82, 2.24) is 9.47 Å². The minimum Gasteiger partial charge on any atom is -0.345 e. The number of urea groups is 1. The molecule has 0 fully saturated rings. The molecule has 4 nitrogen and oxygen atoms in total. The number of benzene rings is 2. The second-order valence-corrected chi connectivity index (χ2v) is 8.23. The number of hydrogen-bond donors (Lipinski definition) is 1. The number of anilines is 1. The number of aryl methyl sites for hydroxylation is 1. The number of halogens is 2. The van der Waals surface area contributed by atoms with Crippen LogP contribution >= 0.6 is 23.2 Å². The Morgan fingerprint density at radius 3 is 2.63 bits per heavy atom. The van der Waals surface area contributed by atoms with Crippen molar-refractivity contribution in [2.45, 2.75) is 39.8 Å². The number of hydrogen-bond acceptors (Lipinski definition) is 1. The summed E-state index contributed by atoms with van der Waals surface area (Å²) in [6.07, 6.45) is 4.00. The first-order valence-electron chi connectivity index (χ1n) is 10.2. The highest BCUT2D eigenvalue weighted by Crippen LogP contribution is 2.26. The number of nitrogens with zero attached hydrogens (tertiary/aromatic N) is 2. The Bertz CT molecular complexity index is 1000. The van der Waals surface area contributed by atoms with Crippen molar-refractivity contribution in [1.29, 1.82) is 0 Å². The van der Waals surface area contributed by atoms with Crippen molar-refractivity contribution >= 4 is 34.9 Å². The van der Waals surface area contributed by atoms with Crippen LogP contribution in [0.1, 0.15) is 36.6 Å². The largest absolute Gasteiger partial charge is 0.345 e. The highest BCUT2D eigenvalue weighted by molar-refractivity contribution is 6.36. The first-order chi connectivity index (χ1) is 14.5. The Morgan fingerprint density at radius 1 is 1.10 bits per heavy atom. The number of nitrogens with one attached hydrogen (secondary N) is 1. The van der Waals surface area contributed by atoms with E-state index in [-0.39, 0.29) is 6.03 Å². The average Bonchev–Trinajstić information content (AvgIpc) is 3.15. The van der Waals surface area contributed by atoms with Gasteiger partial charge in [0.15, 0.2) is 0 Å². The molecule has 0 bridgehead atoms. The van der Waals surface area contributed by atoms with E-state index in [9.17, 15) is 4.79 Å². The molecule has 0 aliphatic heterocycles. The molecule has 0 aliphatic carbocycles. The number of aromatic nitrogens is 1. The van der Waals surface area contributed by atoms with Crippen LogP contribution in [0.3, 0.4) is 0 Å². The Hall–Kier alpha value is -2.43. The zero-order valence-electron chi connectivity index (χ0n) is 17.4. The molecule has 2 aromatic carbocycles. The van der Waals surface area contributed by atoms with Crippen molar-refractivity contribution in [2.24, 2.45) is 0 Å². The van der Waals surface area contributed by atoms with Crippen LogP contribution in [-0.4, -0.2) is 22.0 Å².